The summed E-state index contributed by atoms with van der Waals surface area (Å²) in [5.74, 6) is -0.106. The number of amides is 1. The lowest BCUT2D eigenvalue weighted by Crippen LogP contribution is -2.28. The maximum Gasteiger partial charge on any atom is 0.306 e. The number of rotatable bonds is 7. The fourth-order valence-corrected chi connectivity index (χ4v) is 2.11. The van der Waals surface area contributed by atoms with Gasteiger partial charge >= 0.3 is 5.69 Å². The number of hydrogen-bond acceptors (Lipinski definition) is 5. The highest BCUT2D eigenvalue weighted by Crippen LogP contribution is 2.13. The van der Waals surface area contributed by atoms with Crippen molar-refractivity contribution < 1.29 is 9.72 Å². The van der Waals surface area contributed by atoms with Gasteiger partial charge in [0.1, 0.15) is 12.4 Å². The lowest BCUT2D eigenvalue weighted by Gasteiger charge is -2.05. The summed E-state index contributed by atoms with van der Waals surface area (Å²) in [6.07, 6.45) is 4.65. The molecule has 22 heavy (non-hydrogen) atoms. The first kappa shape index (κ1) is 16.1. The summed E-state index contributed by atoms with van der Waals surface area (Å²) in [6, 6.07) is 0. The van der Waals surface area contributed by atoms with E-state index in [1.54, 1.807) is 4.68 Å². The lowest BCUT2D eigenvalue weighted by molar-refractivity contribution is -0.385. The molecule has 0 fully saturated rings. The zero-order valence-corrected chi connectivity index (χ0v) is 13.5. The van der Waals surface area contributed by atoms with Crippen molar-refractivity contribution in [1.29, 1.82) is 0 Å². The molecule has 0 aliphatic heterocycles. The number of carbonyl (C=O) groups excluding carboxylic acids is 1. The Morgan fingerprint density at radius 1 is 1.41 bits per heavy atom. The van der Waals surface area contributed by atoms with E-state index in [9.17, 15) is 14.9 Å². The van der Waals surface area contributed by atoms with Gasteiger partial charge in [0.25, 0.3) is 0 Å². The van der Waals surface area contributed by atoms with Gasteiger partial charge in [-0.3, -0.25) is 24.3 Å². The fraction of sp³-hybridized carbons (Fsp3) is 0.417. The monoisotopic (exact) mass is 370 g/mol. The Bertz CT molecular complexity index is 661. The number of aryl methyl sites for hydroxylation is 2. The highest BCUT2D eigenvalue weighted by molar-refractivity contribution is 9.10. The van der Waals surface area contributed by atoms with Crippen LogP contribution in [0.25, 0.3) is 0 Å². The molecule has 0 bridgehead atoms. The molecule has 0 radical (unpaired) electrons. The van der Waals surface area contributed by atoms with E-state index in [4.69, 9.17) is 0 Å². The molecule has 2 aromatic heterocycles. The van der Waals surface area contributed by atoms with E-state index in [2.05, 4.69) is 31.4 Å². The first-order valence-electron chi connectivity index (χ1n) is 6.59. The Morgan fingerprint density at radius 3 is 2.77 bits per heavy atom. The number of carbonyl (C=O) groups is 1. The van der Waals surface area contributed by atoms with Gasteiger partial charge in [0.15, 0.2) is 0 Å². The molecule has 0 atom stereocenters. The first-order valence-corrected chi connectivity index (χ1v) is 7.38. The molecule has 118 valence electrons. The maximum atomic E-state index is 11.7. The molecule has 1 amide bonds. The van der Waals surface area contributed by atoms with E-state index in [1.807, 2.05) is 13.1 Å². The van der Waals surface area contributed by atoms with Crippen molar-refractivity contribution in [2.24, 2.45) is 0 Å². The van der Waals surface area contributed by atoms with Crippen LogP contribution >= 0.6 is 15.9 Å². The van der Waals surface area contributed by atoms with Crippen molar-refractivity contribution in [1.82, 2.24) is 24.9 Å². The molecule has 9 nitrogen and oxygen atoms in total. The van der Waals surface area contributed by atoms with E-state index in [0.717, 1.165) is 10.2 Å². The van der Waals surface area contributed by atoms with Gasteiger partial charge in [0.05, 0.1) is 21.6 Å². The minimum atomic E-state index is -0.508. The average molecular weight is 371 g/mol. The van der Waals surface area contributed by atoms with Gasteiger partial charge < -0.3 is 5.32 Å². The second-order valence-corrected chi connectivity index (χ2v) is 5.50. The van der Waals surface area contributed by atoms with Crippen LogP contribution in [0.3, 0.4) is 0 Å². The summed E-state index contributed by atoms with van der Waals surface area (Å²) in [6.45, 7) is 3.11. The minimum Gasteiger partial charge on any atom is -0.354 e. The second-order valence-electron chi connectivity index (χ2n) is 4.64. The van der Waals surface area contributed by atoms with Crippen LogP contribution in [0.2, 0.25) is 0 Å². The topological polar surface area (TPSA) is 108 Å². The summed E-state index contributed by atoms with van der Waals surface area (Å²) in [4.78, 5) is 21.7. The van der Waals surface area contributed by atoms with Crippen LogP contribution < -0.4 is 5.32 Å². The third kappa shape index (κ3) is 4.38. The SMILES string of the molecule is Cc1nn(CCC(=O)NCCn2cc([N+](=O)[O-])cn2)cc1Br. The molecule has 2 aromatic rings. The van der Waals surface area contributed by atoms with Gasteiger partial charge in [-0.1, -0.05) is 0 Å². The molecule has 10 heteroatoms. The Labute approximate surface area is 134 Å². The summed E-state index contributed by atoms with van der Waals surface area (Å²) >= 11 is 3.36. The van der Waals surface area contributed by atoms with Crippen LogP contribution in [0.4, 0.5) is 5.69 Å². The molecule has 0 unspecified atom stereocenters. The van der Waals surface area contributed by atoms with Crippen molar-refractivity contribution in [2.45, 2.75) is 26.4 Å². The van der Waals surface area contributed by atoms with Gasteiger partial charge in [-0.05, 0) is 22.9 Å². The van der Waals surface area contributed by atoms with Crippen LogP contribution in [0, 0.1) is 17.0 Å². The zero-order valence-electron chi connectivity index (χ0n) is 11.9. The van der Waals surface area contributed by atoms with Crippen LogP contribution in [0.5, 0.6) is 0 Å². The van der Waals surface area contributed by atoms with Gasteiger partial charge in [-0.25, -0.2) is 0 Å². The van der Waals surface area contributed by atoms with Crippen molar-refractivity contribution in [2.75, 3.05) is 6.54 Å². The Balaban J connectivity index is 1.70. The molecule has 2 heterocycles. The Morgan fingerprint density at radius 2 is 2.18 bits per heavy atom. The summed E-state index contributed by atoms with van der Waals surface area (Å²) in [5, 5.41) is 21.3. The number of halogens is 1. The van der Waals surface area contributed by atoms with Crippen LogP contribution in [-0.4, -0.2) is 36.9 Å². The van der Waals surface area contributed by atoms with Crippen LogP contribution in [0.1, 0.15) is 12.1 Å². The number of nitro groups is 1. The molecule has 0 aliphatic carbocycles. The van der Waals surface area contributed by atoms with E-state index in [1.165, 1.54) is 17.1 Å². The molecule has 0 aliphatic rings. The maximum absolute atomic E-state index is 11.7. The predicted molar refractivity (Wildman–Crippen MR) is 81.2 cm³/mol. The normalized spacial score (nSPS) is 10.6. The molecular weight excluding hydrogens is 356 g/mol. The van der Waals surface area contributed by atoms with Gasteiger partial charge in [0, 0.05) is 25.7 Å². The quantitative estimate of drug-likeness (QED) is 0.582. The molecule has 1 N–H and O–H groups in total. The zero-order chi connectivity index (χ0) is 16.1. The molecule has 0 aromatic carbocycles. The van der Waals surface area contributed by atoms with E-state index >= 15 is 0 Å². The smallest absolute Gasteiger partial charge is 0.306 e. The van der Waals surface area contributed by atoms with Gasteiger partial charge in [-0.15, -0.1) is 0 Å². The third-order valence-electron chi connectivity index (χ3n) is 2.95. The largest absolute Gasteiger partial charge is 0.354 e. The summed E-state index contributed by atoms with van der Waals surface area (Å²) in [5.41, 5.74) is 0.812. The fourth-order valence-electron chi connectivity index (χ4n) is 1.79. The highest BCUT2D eigenvalue weighted by Gasteiger charge is 2.09. The highest BCUT2D eigenvalue weighted by atomic mass is 79.9. The molecule has 0 spiro atoms. The van der Waals surface area contributed by atoms with Gasteiger partial charge in [0.2, 0.25) is 5.91 Å². The van der Waals surface area contributed by atoms with E-state index < -0.39 is 4.92 Å². The van der Waals surface area contributed by atoms with Crippen molar-refractivity contribution in [3.8, 4) is 0 Å². The molecular formula is C12H15BrN6O3. The number of hydrogen-bond donors (Lipinski definition) is 1. The van der Waals surface area contributed by atoms with E-state index in [0.29, 0.717) is 26.1 Å². The van der Waals surface area contributed by atoms with Crippen molar-refractivity contribution in [3.05, 3.63) is 38.9 Å². The van der Waals surface area contributed by atoms with Gasteiger partial charge in [-0.2, -0.15) is 10.2 Å². The van der Waals surface area contributed by atoms with E-state index in [-0.39, 0.29) is 11.6 Å². The average Bonchev–Trinajstić information content (AvgIpc) is 3.05. The molecule has 0 saturated heterocycles. The standard InChI is InChI=1S/C12H15BrN6O3/c1-9-11(13)8-18(16-9)4-2-12(20)14-3-5-17-7-10(6-15-17)19(21)22/h6-8H,2-5H2,1H3,(H,14,20). The lowest BCUT2D eigenvalue weighted by atomic mass is 10.4. The minimum absolute atomic E-state index is 0.0639. The van der Waals surface area contributed by atoms with Crippen LogP contribution in [-0.2, 0) is 17.9 Å². The number of aromatic nitrogens is 4. The summed E-state index contributed by atoms with van der Waals surface area (Å²) < 4.78 is 4.04. The molecule has 0 saturated carbocycles. The van der Waals surface area contributed by atoms with Crippen molar-refractivity contribution in [3.63, 3.8) is 0 Å². The third-order valence-corrected chi connectivity index (χ3v) is 3.73. The second kappa shape index (κ2) is 7.16. The summed E-state index contributed by atoms with van der Waals surface area (Å²) in [7, 11) is 0. The Kier molecular flexibility index (Phi) is 5.26. The predicted octanol–water partition coefficient (Wildman–Crippen LogP) is 1.27. The van der Waals surface area contributed by atoms with Crippen LogP contribution in [0.15, 0.2) is 23.1 Å². The number of nitrogens with zero attached hydrogens (tertiary/aromatic N) is 5. The Hall–Kier alpha value is -2.23. The molecule has 2 rings (SSSR count). The first-order chi connectivity index (χ1) is 10.5. The van der Waals surface area contributed by atoms with Crippen molar-refractivity contribution >= 4 is 27.5 Å². The number of nitrogens with one attached hydrogen (secondary N) is 1.